The van der Waals surface area contributed by atoms with E-state index in [1.807, 2.05) is 0 Å². The van der Waals surface area contributed by atoms with Crippen molar-refractivity contribution in [2.75, 3.05) is 6.61 Å². The SMILES string of the molecule is C=CCOS(=O)(=O)c1ccc(CC=C)cc1. The smallest absolute Gasteiger partial charge is 0.262 e. The van der Waals surface area contributed by atoms with Crippen molar-refractivity contribution in [3.05, 3.63) is 55.1 Å². The van der Waals surface area contributed by atoms with E-state index in [9.17, 15) is 8.42 Å². The molecule has 4 heteroatoms. The van der Waals surface area contributed by atoms with Crippen LogP contribution in [0.2, 0.25) is 0 Å². The Morgan fingerprint density at radius 3 is 2.25 bits per heavy atom. The van der Waals surface area contributed by atoms with E-state index in [-0.39, 0.29) is 11.5 Å². The second-order valence-corrected chi connectivity index (χ2v) is 4.78. The summed E-state index contributed by atoms with van der Waals surface area (Å²) in [5, 5.41) is 0. The van der Waals surface area contributed by atoms with Gasteiger partial charge in [0.05, 0.1) is 11.5 Å². The average Bonchev–Trinajstić information content (AvgIpc) is 2.28. The Balaban J connectivity index is 2.88. The lowest BCUT2D eigenvalue weighted by molar-refractivity contribution is 0.357. The summed E-state index contributed by atoms with van der Waals surface area (Å²) in [4.78, 5) is 0.155. The van der Waals surface area contributed by atoms with Crippen LogP contribution in [-0.2, 0) is 20.7 Å². The Kier molecular flexibility index (Phi) is 4.46. The van der Waals surface area contributed by atoms with Crippen LogP contribution in [0, 0.1) is 0 Å². The molecule has 0 aliphatic heterocycles. The molecule has 0 unspecified atom stereocenters. The van der Waals surface area contributed by atoms with Crippen LogP contribution >= 0.6 is 0 Å². The molecule has 0 fully saturated rings. The zero-order valence-corrected chi connectivity index (χ0v) is 9.74. The summed E-state index contributed by atoms with van der Waals surface area (Å²) >= 11 is 0. The number of hydrogen-bond donors (Lipinski definition) is 0. The fourth-order valence-electron chi connectivity index (χ4n) is 1.16. The topological polar surface area (TPSA) is 43.4 Å². The van der Waals surface area contributed by atoms with Gasteiger partial charge in [-0.1, -0.05) is 24.3 Å². The minimum Gasteiger partial charge on any atom is -0.262 e. The van der Waals surface area contributed by atoms with Crippen molar-refractivity contribution < 1.29 is 12.6 Å². The third-order valence-electron chi connectivity index (χ3n) is 1.93. The Labute approximate surface area is 96.2 Å². The van der Waals surface area contributed by atoms with Crippen molar-refractivity contribution >= 4 is 10.1 Å². The Hall–Kier alpha value is -1.39. The van der Waals surface area contributed by atoms with Gasteiger partial charge in [-0.25, -0.2) is 0 Å². The minimum atomic E-state index is -3.65. The molecule has 0 bridgehead atoms. The lowest BCUT2D eigenvalue weighted by atomic mass is 10.2. The monoisotopic (exact) mass is 238 g/mol. The fraction of sp³-hybridized carbons (Fsp3) is 0.167. The van der Waals surface area contributed by atoms with Gasteiger partial charge in [-0.3, -0.25) is 4.18 Å². The number of allylic oxidation sites excluding steroid dienone is 1. The van der Waals surface area contributed by atoms with Crippen molar-refractivity contribution in [1.82, 2.24) is 0 Å². The molecule has 0 aliphatic carbocycles. The predicted molar refractivity (Wildman–Crippen MR) is 63.7 cm³/mol. The quantitative estimate of drug-likeness (QED) is 0.564. The molecule has 0 aliphatic rings. The van der Waals surface area contributed by atoms with Crippen molar-refractivity contribution in [2.45, 2.75) is 11.3 Å². The molecule has 16 heavy (non-hydrogen) atoms. The van der Waals surface area contributed by atoms with Gasteiger partial charge in [0.25, 0.3) is 10.1 Å². The highest BCUT2D eigenvalue weighted by molar-refractivity contribution is 7.86. The molecule has 3 nitrogen and oxygen atoms in total. The molecule has 1 aromatic carbocycles. The van der Waals surface area contributed by atoms with Crippen molar-refractivity contribution in [3.8, 4) is 0 Å². The van der Waals surface area contributed by atoms with E-state index in [1.165, 1.54) is 18.2 Å². The minimum absolute atomic E-state index is 0.0171. The van der Waals surface area contributed by atoms with Gasteiger partial charge in [0.2, 0.25) is 0 Å². The largest absolute Gasteiger partial charge is 0.297 e. The van der Waals surface area contributed by atoms with Gasteiger partial charge < -0.3 is 0 Å². The van der Waals surface area contributed by atoms with Gasteiger partial charge in [-0.2, -0.15) is 8.42 Å². The third kappa shape index (κ3) is 3.32. The van der Waals surface area contributed by atoms with E-state index in [0.717, 1.165) is 5.56 Å². The van der Waals surface area contributed by atoms with E-state index in [1.54, 1.807) is 18.2 Å². The Morgan fingerprint density at radius 1 is 1.12 bits per heavy atom. The van der Waals surface area contributed by atoms with Crippen molar-refractivity contribution in [3.63, 3.8) is 0 Å². The molecule has 0 aromatic heterocycles. The first-order valence-electron chi connectivity index (χ1n) is 4.80. The maximum atomic E-state index is 11.6. The lowest BCUT2D eigenvalue weighted by Gasteiger charge is -2.04. The Morgan fingerprint density at radius 2 is 1.75 bits per heavy atom. The Bertz CT molecular complexity index is 458. The van der Waals surface area contributed by atoms with Gasteiger partial charge in [-0.05, 0) is 24.1 Å². The van der Waals surface area contributed by atoms with Crippen molar-refractivity contribution in [1.29, 1.82) is 0 Å². The standard InChI is InChI=1S/C12H14O3S/c1-3-5-11-6-8-12(9-7-11)16(13,14)15-10-4-2/h3-4,6-9H,1-2,5,10H2. The van der Waals surface area contributed by atoms with Crippen LogP contribution in [-0.4, -0.2) is 15.0 Å². The normalized spacial score (nSPS) is 11.0. The summed E-state index contributed by atoms with van der Waals surface area (Å²) in [6.45, 7) is 6.99. The highest BCUT2D eigenvalue weighted by Crippen LogP contribution is 2.13. The van der Waals surface area contributed by atoms with E-state index in [2.05, 4.69) is 13.2 Å². The molecule has 1 aromatic rings. The van der Waals surface area contributed by atoms with E-state index in [4.69, 9.17) is 4.18 Å². The molecule has 0 amide bonds. The van der Waals surface area contributed by atoms with Gasteiger partial charge in [0.15, 0.2) is 0 Å². The van der Waals surface area contributed by atoms with Gasteiger partial charge >= 0.3 is 0 Å². The van der Waals surface area contributed by atoms with Crippen LogP contribution in [0.15, 0.2) is 54.5 Å². The molecule has 0 saturated carbocycles. The number of rotatable bonds is 6. The van der Waals surface area contributed by atoms with Crippen LogP contribution in [0.3, 0.4) is 0 Å². The lowest BCUT2D eigenvalue weighted by Crippen LogP contribution is -2.06. The molecule has 0 spiro atoms. The average molecular weight is 238 g/mol. The van der Waals surface area contributed by atoms with Gasteiger partial charge in [0.1, 0.15) is 0 Å². The van der Waals surface area contributed by atoms with Crippen LogP contribution in [0.5, 0.6) is 0 Å². The number of hydrogen-bond acceptors (Lipinski definition) is 3. The maximum Gasteiger partial charge on any atom is 0.297 e. The molecule has 0 radical (unpaired) electrons. The zero-order chi connectivity index (χ0) is 12.0. The molecular weight excluding hydrogens is 224 g/mol. The molecule has 86 valence electrons. The molecule has 0 N–H and O–H groups in total. The highest BCUT2D eigenvalue weighted by atomic mass is 32.2. The third-order valence-corrected chi connectivity index (χ3v) is 3.23. The van der Waals surface area contributed by atoms with Crippen LogP contribution in [0.25, 0.3) is 0 Å². The molecular formula is C12H14O3S. The van der Waals surface area contributed by atoms with Gasteiger partial charge in [-0.15, -0.1) is 13.2 Å². The first kappa shape index (κ1) is 12.7. The summed E-state index contributed by atoms with van der Waals surface area (Å²) < 4.78 is 27.8. The maximum absolute atomic E-state index is 11.6. The molecule has 1 rings (SSSR count). The summed E-state index contributed by atoms with van der Waals surface area (Å²) in [6.07, 6.45) is 3.87. The predicted octanol–water partition coefficient (Wildman–Crippen LogP) is 2.31. The molecule has 0 saturated heterocycles. The van der Waals surface area contributed by atoms with Crippen LogP contribution < -0.4 is 0 Å². The summed E-state index contributed by atoms with van der Waals surface area (Å²) in [5.41, 5.74) is 1.01. The highest BCUT2D eigenvalue weighted by Gasteiger charge is 2.13. The zero-order valence-electron chi connectivity index (χ0n) is 8.93. The summed E-state index contributed by atoms with van der Waals surface area (Å²) in [5.74, 6) is 0. The second kappa shape index (κ2) is 5.63. The summed E-state index contributed by atoms with van der Waals surface area (Å²) in [6, 6.07) is 6.53. The van der Waals surface area contributed by atoms with E-state index >= 15 is 0 Å². The first-order valence-corrected chi connectivity index (χ1v) is 6.21. The van der Waals surface area contributed by atoms with Gasteiger partial charge in [0, 0.05) is 0 Å². The molecule has 0 heterocycles. The van der Waals surface area contributed by atoms with Crippen LogP contribution in [0.1, 0.15) is 5.56 Å². The summed E-state index contributed by atoms with van der Waals surface area (Å²) in [7, 11) is -3.65. The first-order chi connectivity index (χ1) is 7.60. The molecule has 0 atom stereocenters. The van der Waals surface area contributed by atoms with E-state index in [0.29, 0.717) is 6.42 Å². The van der Waals surface area contributed by atoms with E-state index < -0.39 is 10.1 Å². The second-order valence-electron chi connectivity index (χ2n) is 3.16. The van der Waals surface area contributed by atoms with Crippen LogP contribution in [0.4, 0.5) is 0 Å². The van der Waals surface area contributed by atoms with Crippen molar-refractivity contribution in [2.24, 2.45) is 0 Å². The fourth-order valence-corrected chi connectivity index (χ4v) is 2.05. The number of benzene rings is 1.